The summed E-state index contributed by atoms with van der Waals surface area (Å²) in [6.07, 6.45) is 4.01. The van der Waals surface area contributed by atoms with Crippen LogP contribution in [0.5, 0.6) is 0 Å². The number of rotatable bonds is 4. The molecule has 2 heterocycles. The van der Waals surface area contributed by atoms with Gasteiger partial charge in [-0.1, -0.05) is 15.9 Å². The summed E-state index contributed by atoms with van der Waals surface area (Å²) in [4.78, 5) is 29.3. The van der Waals surface area contributed by atoms with Crippen LogP contribution in [0, 0.1) is 0 Å². The predicted octanol–water partition coefficient (Wildman–Crippen LogP) is 1.59. The zero-order chi connectivity index (χ0) is 19.6. The number of carbonyl (C=O) groups excluding carboxylic acids is 2. The van der Waals surface area contributed by atoms with Gasteiger partial charge < -0.3 is 9.80 Å². The third-order valence-corrected chi connectivity index (χ3v) is 6.29. The molecule has 9 heteroatoms. The number of likely N-dealkylation sites (tertiary alicyclic amines) is 2. The zero-order valence-corrected chi connectivity index (χ0v) is 17.6. The number of piperidine rings is 1. The first-order chi connectivity index (χ1) is 12.7. The standard InChI is InChI=1S/C18H24BrN3O4S/c1-27(25,26)20-15-4-2-10-21(12-15)18(24)16-5-3-11-22(16)17(23)13-6-8-14(19)9-7-13/h6-9,15-16,20H,2-5,10-12H2,1H3. The highest BCUT2D eigenvalue weighted by molar-refractivity contribution is 9.10. The van der Waals surface area contributed by atoms with Gasteiger partial charge in [-0.2, -0.15) is 0 Å². The molecular formula is C18H24BrN3O4S. The Hall–Kier alpha value is -1.45. The Kier molecular flexibility index (Phi) is 6.22. The predicted molar refractivity (Wildman–Crippen MR) is 106 cm³/mol. The molecule has 0 saturated carbocycles. The van der Waals surface area contributed by atoms with E-state index in [1.54, 1.807) is 21.9 Å². The number of hydrogen-bond donors (Lipinski definition) is 1. The molecule has 1 aromatic rings. The lowest BCUT2D eigenvalue weighted by atomic mass is 10.0. The molecule has 2 unspecified atom stereocenters. The van der Waals surface area contributed by atoms with E-state index < -0.39 is 16.1 Å². The van der Waals surface area contributed by atoms with E-state index >= 15 is 0 Å². The number of carbonyl (C=O) groups is 2. The van der Waals surface area contributed by atoms with E-state index in [0.717, 1.165) is 23.6 Å². The Bertz CT molecular complexity index is 812. The van der Waals surface area contributed by atoms with Crippen molar-refractivity contribution >= 4 is 37.8 Å². The molecule has 0 aromatic heterocycles. The van der Waals surface area contributed by atoms with E-state index in [0.29, 0.717) is 38.0 Å². The van der Waals surface area contributed by atoms with Gasteiger partial charge in [0.1, 0.15) is 6.04 Å². The molecule has 2 fully saturated rings. The lowest BCUT2D eigenvalue weighted by Crippen LogP contribution is -2.54. The van der Waals surface area contributed by atoms with Gasteiger partial charge in [0.25, 0.3) is 5.91 Å². The minimum Gasteiger partial charge on any atom is -0.339 e. The number of benzene rings is 1. The van der Waals surface area contributed by atoms with Crippen molar-refractivity contribution in [1.29, 1.82) is 0 Å². The molecule has 2 atom stereocenters. The number of hydrogen-bond acceptors (Lipinski definition) is 4. The highest BCUT2D eigenvalue weighted by Gasteiger charge is 2.38. The molecule has 1 N–H and O–H groups in total. The molecule has 1 aromatic carbocycles. The summed E-state index contributed by atoms with van der Waals surface area (Å²) in [6, 6.07) is 6.38. The molecule has 2 aliphatic heterocycles. The molecule has 3 rings (SSSR count). The maximum Gasteiger partial charge on any atom is 0.254 e. The summed E-state index contributed by atoms with van der Waals surface area (Å²) in [6.45, 7) is 1.50. The van der Waals surface area contributed by atoms with Gasteiger partial charge in [-0.3, -0.25) is 9.59 Å². The second-order valence-corrected chi connectivity index (χ2v) is 9.87. The highest BCUT2D eigenvalue weighted by atomic mass is 79.9. The molecule has 27 heavy (non-hydrogen) atoms. The van der Waals surface area contributed by atoms with Crippen molar-refractivity contribution in [2.75, 3.05) is 25.9 Å². The van der Waals surface area contributed by atoms with Crippen LogP contribution < -0.4 is 4.72 Å². The van der Waals surface area contributed by atoms with Crippen LogP contribution in [0.1, 0.15) is 36.0 Å². The van der Waals surface area contributed by atoms with Crippen molar-refractivity contribution in [1.82, 2.24) is 14.5 Å². The van der Waals surface area contributed by atoms with Gasteiger partial charge in [-0.25, -0.2) is 13.1 Å². The van der Waals surface area contributed by atoms with E-state index in [4.69, 9.17) is 0 Å². The van der Waals surface area contributed by atoms with E-state index in [-0.39, 0.29) is 17.9 Å². The second kappa shape index (κ2) is 8.28. The summed E-state index contributed by atoms with van der Waals surface area (Å²) in [5.74, 6) is -0.223. The third kappa shape index (κ3) is 5.08. The normalized spacial score (nSPS) is 23.5. The van der Waals surface area contributed by atoms with Crippen LogP contribution in [-0.4, -0.2) is 68.0 Å². The Morgan fingerprint density at radius 3 is 2.44 bits per heavy atom. The Labute approximate surface area is 168 Å². The van der Waals surface area contributed by atoms with Crippen molar-refractivity contribution in [3.63, 3.8) is 0 Å². The topological polar surface area (TPSA) is 86.8 Å². The maximum absolute atomic E-state index is 13.1. The van der Waals surface area contributed by atoms with Crippen molar-refractivity contribution in [3.8, 4) is 0 Å². The van der Waals surface area contributed by atoms with Crippen molar-refractivity contribution in [2.24, 2.45) is 0 Å². The van der Waals surface area contributed by atoms with Gasteiger partial charge in [0.2, 0.25) is 15.9 Å². The first-order valence-corrected chi connectivity index (χ1v) is 11.8. The number of nitrogens with one attached hydrogen (secondary N) is 1. The smallest absolute Gasteiger partial charge is 0.254 e. The van der Waals surface area contributed by atoms with E-state index in [1.165, 1.54) is 0 Å². The summed E-state index contributed by atoms with van der Waals surface area (Å²) in [7, 11) is -3.31. The fourth-order valence-electron chi connectivity index (χ4n) is 3.81. The molecule has 0 aliphatic carbocycles. The quantitative estimate of drug-likeness (QED) is 0.743. The number of halogens is 1. The average molecular weight is 458 g/mol. The van der Waals surface area contributed by atoms with Crippen LogP contribution in [0.3, 0.4) is 0 Å². The Balaban J connectivity index is 1.69. The van der Waals surface area contributed by atoms with Crippen LogP contribution in [-0.2, 0) is 14.8 Å². The fraction of sp³-hybridized carbons (Fsp3) is 0.556. The minimum atomic E-state index is -3.31. The number of amides is 2. The monoisotopic (exact) mass is 457 g/mol. The van der Waals surface area contributed by atoms with Gasteiger partial charge in [-0.15, -0.1) is 0 Å². The molecule has 0 radical (unpaired) electrons. The average Bonchev–Trinajstić information content (AvgIpc) is 3.09. The van der Waals surface area contributed by atoms with Crippen molar-refractivity contribution in [3.05, 3.63) is 34.3 Å². The zero-order valence-electron chi connectivity index (χ0n) is 15.2. The molecule has 2 aliphatic rings. The Morgan fingerprint density at radius 1 is 1.11 bits per heavy atom. The van der Waals surface area contributed by atoms with Crippen molar-refractivity contribution < 1.29 is 18.0 Å². The number of sulfonamides is 1. The lowest BCUT2D eigenvalue weighted by Gasteiger charge is -2.36. The minimum absolute atomic E-state index is 0.0852. The van der Waals surface area contributed by atoms with Gasteiger partial charge in [-0.05, 0) is 49.9 Å². The van der Waals surface area contributed by atoms with Crippen LogP contribution in [0.25, 0.3) is 0 Å². The molecular weight excluding hydrogens is 434 g/mol. The van der Waals surface area contributed by atoms with E-state index in [9.17, 15) is 18.0 Å². The summed E-state index contributed by atoms with van der Waals surface area (Å²) in [5, 5.41) is 0. The van der Waals surface area contributed by atoms with E-state index in [1.807, 2.05) is 12.1 Å². The summed E-state index contributed by atoms with van der Waals surface area (Å²) < 4.78 is 26.5. The van der Waals surface area contributed by atoms with Crippen LogP contribution in [0.15, 0.2) is 28.7 Å². The lowest BCUT2D eigenvalue weighted by molar-refractivity contribution is -0.136. The van der Waals surface area contributed by atoms with Gasteiger partial charge in [0, 0.05) is 35.7 Å². The first kappa shape index (κ1) is 20.3. The number of nitrogens with zero attached hydrogens (tertiary/aromatic N) is 2. The largest absolute Gasteiger partial charge is 0.339 e. The van der Waals surface area contributed by atoms with Gasteiger partial charge in [0.05, 0.1) is 6.26 Å². The Morgan fingerprint density at radius 2 is 1.78 bits per heavy atom. The second-order valence-electron chi connectivity index (χ2n) is 7.18. The van der Waals surface area contributed by atoms with E-state index in [2.05, 4.69) is 20.7 Å². The molecule has 2 amide bonds. The van der Waals surface area contributed by atoms with Crippen LogP contribution in [0.4, 0.5) is 0 Å². The van der Waals surface area contributed by atoms with Gasteiger partial charge >= 0.3 is 0 Å². The molecule has 148 valence electrons. The molecule has 0 bridgehead atoms. The third-order valence-electron chi connectivity index (χ3n) is 5.00. The van der Waals surface area contributed by atoms with Crippen LogP contribution >= 0.6 is 15.9 Å². The highest BCUT2D eigenvalue weighted by Crippen LogP contribution is 2.24. The molecule has 7 nitrogen and oxygen atoms in total. The molecule has 0 spiro atoms. The fourth-order valence-corrected chi connectivity index (χ4v) is 4.87. The van der Waals surface area contributed by atoms with Gasteiger partial charge in [0.15, 0.2) is 0 Å². The summed E-state index contributed by atoms with van der Waals surface area (Å²) >= 11 is 3.36. The molecule has 2 saturated heterocycles. The first-order valence-electron chi connectivity index (χ1n) is 9.07. The SMILES string of the molecule is CS(=O)(=O)NC1CCCN(C(=O)C2CCCN2C(=O)c2ccc(Br)cc2)C1. The summed E-state index contributed by atoms with van der Waals surface area (Å²) in [5.41, 5.74) is 0.563. The van der Waals surface area contributed by atoms with Crippen molar-refractivity contribution in [2.45, 2.75) is 37.8 Å². The maximum atomic E-state index is 13.1. The van der Waals surface area contributed by atoms with Crippen LogP contribution in [0.2, 0.25) is 0 Å².